The van der Waals surface area contributed by atoms with Gasteiger partial charge in [0, 0.05) is 24.4 Å². The zero-order valence-electron chi connectivity index (χ0n) is 9.48. The van der Waals surface area contributed by atoms with Crippen molar-refractivity contribution in [2.24, 2.45) is 5.41 Å². The molecule has 1 aromatic heterocycles. The van der Waals surface area contributed by atoms with Crippen molar-refractivity contribution in [1.29, 1.82) is 0 Å². The standard InChI is InChI=1S/C13H18N2/c1-3-13(6-4-5-12(2)9-13)10-15-8-7-14-11-15/h4-8,11H,3,9-10H2,1-2H3. The first kappa shape index (κ1) is 10.2. The van der Waals surface area contributed by atoms with Crippen LogP contribution in [0.2, 0.25) is 0 Å². The van der Waals surface area contributed by atoms with E-state index in [2.05, 4.69) is 41.6 Å². The van der Waals surface area contributed by atoms with E-state index in [1.807, 2.05) is 18.7 Å². The number of nitrogens with zero attached hydrogens (tertiary/aromatic N) is 2. The van der Waals surface area contributed by atoms with Crippen molar-refractivity contribution >= 4 is 0 Å². The molecule has 0 fully saturated rings. The van der Waals surface area contributed by atoms with Crippen molar-refractivity contribution < 1.29 is 0 Å². The molecule has 0 amide bonds. The van der Waals surface area contributed by atoms with Crippen molar-refractivity contribution in [2.45, 2.75) is 33.2 Å². The Morgan fingerprint density at radius 3 is 3.00 bits per heavy atom. The molecule has 0 saturated heterocycles. The highest BCUT2D eigenvalue weighted by atomic mass is 15.0. The predicted molar refractivity (Wildman–Crippen MR) is 62.5 cm³/mol. The van der Waals surface area contributed by atoms with E-state index in [1.54, 1.807) is 0 Å². The Morgan fingerprint density at radius 2 is 2.40 bits per heavy atom. The van der Waals surface area contributed by atoms with Crippen LogP contribution in [-0.4, -0.2) is 9.55 Å². The predicted octanol–water partition coefficient (Wildman–Crippen LogP) is 3.19. The smallest absolute Gasteiger partial charge is 0.0946 e. The summed E-state index contributed by atoms with van der Waals surface area (Å²) in [5.74, 6) is 0. The summed E-state index contributed by atoms with van der Waals surface area (Å²) in [4.78, 5) is 4.10. The van der Waals surface area contributed by atoms with Crippen LogP contribution in [0.15, 0.2) is 42.5 Å². The lowest BCUT2D eigenvalue weighted by molar-refractivity contribution is 0.302. The van der Waals surface area contributed by atoms with Gasteiger partial charge in [-0.15, -0.1) is 0 Å². The monoisotopic (exact) mass is 202 g/mol. The Morgan fingerprint density at radius 1 is 1.53 bits per heavy atom. The van der Waals surface area contributed by atoms with Crippen LogP contribution in [0.4, 0.5) is 0 Å². The second kappa shape index (κ2) is 4.05. The van der Waals surface area contributed by atoms with E-state index in [1.165, 1.54) is 12.0 Å². The molecule has 2 heteroatoms. The minimum Gasteiger partial charge on any atom is -0.337 e. The fourth-order valence-corrected chi connectivity index (χ4v) is 2.30. The number of allylic oxidation sites excluding steroid dienone is 4. The molecule has 2 nitrogen and oxygen atoms in total. The van der Waals surface area contributed by atoms with Crippen molar-refractivity contribution in [3.8, 4) is 0 Å². The second-order valence-electron chi connectivity index (χ2n) is 4.50. The topological polar surface area (TPSA) is 17.8 Å². The van der Waals surface area contributed by atoms with Gasteiger partial charge in [-0.2, -0.15) is 0 Å². The fraction of sp³-hybridized carbons (Fsp3) is 0.462. The zero-order chi connectivity index (χ0) is 10.7. The molecule has 1 heterocycles. The van der Waals surface area contributed by atoms with Crippen LogP contribution in [0.25, 0.3) is 0 Å². The minimum absolute atomic E-state index is 0.291. The van der Waals surface area contributed by atoms with Gasteiger partial charge in [-0.05, 0) is 19.8 Å². The zero-order valence-corrected chi connectivity index (χ0v) is 9.48. The molecule has 1 unspecified atom stereocenters. The molecule has 0 N–H and O–H groups in total. The summed E-state index contributed by atoms with van der Waals surface area (Å²) < 4.78 is 2.17. The molecule has 15 heavy (non-hydrogen) atoms. The normalized spacial score (nSPS) is 25.3. The third kappa shape index (κ3) is 2.20. The average molecular weight is 202 g/mol. The minimum atomic E-state index is 0.291. The highest BCUT2D eigenvalue weighted by Crippen LogP contribution is 2.36. The first-order valence-electron chi connectivity index (χ1n) is 5.55. The highest BCUT2D eigenvalue weighted by Gasteiger charge is 2.27. The molecule has 0 spiro atoms. The lowest BCUT2D eigenvalue weighted by Crippen LogP contribution is -2.25. The van der Waals surface area contributed by atoms with Gasteiger partial charge >= 0.3 is 0 Å². The van der Waals surface area contributed by atoms with Gasteiger partial charge in [0.05, 0.1) is 6.33 Å². The van der Waals surface area contributed by atoms with Gasteiger partial charge in [-0.1, -0.05) is 30.7 Å². The highest BCUT2D eigenvalue weighted by molar-refractivity contribution is 5.22. The largest absolute Gasteiger partial charge is 0.337 e. The van der Waals surface area contributed by atoms with Crippen LogP contribution in [0.1, 0.15) is 26.7 Å². The van der Waals surface area contributed by atoms with Crippen LogP contribution in [0.5, 0.6) is 0 Å². The summed E-state index contributed by atoms with van der Waals surface area (Å²) in [6, 6.07) is 0. The number of rotatable bonds is 3. The summed E-state index contributed by atoms with van der Waals surface area (Å²) in [6.45, 7) is 5.51. The fourth-order valence-electron chi connectivity index (χ4n) is 2.30. The molecule has 1 aliphatic rings. The lowest BCUT2D eigenvalue weighted by atomic mass is 9.76. The second-order valence-corrected chi connectivity index (χ2v) is 4.50. The van der Waals surface area contributed by atoms with Gasteiger partial charge in [0.1, 0.15) is 0 Å². The van der Waals surface area contributed by atoms with Gasteiger partial charge in [-0.25, -0.2) is 4.98 Å². The summed E-state index contributed by atoms with van der Waals surface area (Å²) in [6.07, 6.45) is 14.9. The van der Waals surface area contributed by atoms with E-state index >= 15 is 0 Å². The summed E-state index contributed by atoms with van der Waals surface area (Å²) in [5, 5.41) is 0. The Balaban J connectivity index is 2.17. The summed E-state index contributed by atoms with van der Waals surface area (Å²) in [5.41, 5.74) is 1.76. The van der Waals surface area contributed by atoms with Gasteiger partial charge in [0.15, 0.2) is 0 Å². The van der Waals surface area contributed by atoms with Crippen LogP contribution >= 0.6 is 0 Å². The van der Waals surface area contributed by atoms with Crippen LogP contribution in [0.3, 0.4) is 0 Å². The quantitative estimate of drug-likeness (QED) is 0.736. The number of imidazole rings is 1. The van der Waals surface area contributed by atoms with E-state index in [4.69, 9.17) is 0 Å². The maximum atomic E-state index is 4.10. The Labute approximate surface area is 91.3 Å². The van der Waals surface area contributed by atoms with E-state index in [0.717, 1.165) is 13.0 Å². The van der Waals surface area contributed by atoms with Crippen molar-refractivity contribution in [3.05, 3.63) is 42.5 Å². The van der Waals surface area contributed by atoms with E-state index in [0.29, 0.717) is 5.41 Å². The molecule has 0 bridgehead atoms. The molecule has 0 aromatic carbocycles. The Bertz CT molecular complexity index is 373. The Kier molecular flexibility index (Phi) is 2.76. The third-order valence-corrected chi connectivity index (χ3v) is 3.22. The average Bonchev–Trinajstić information content (AvgIpc) is 2.70. The molecule has 0 aliphatic heterocycles. The summed E-state index contributed by atoms with van der Waals surface area (Å²) >= 11 is 0. The molecule has 80 valence electrons. The summed E-state index contributed by atoms with van der Waals surface area (Å²) in [7, 11) is 0. The lowest BCUT2D eigenvalue weighted by Gasteiger charge is -2.32. The van der Waals surface area contributed by atoms with Crippen molar-refractivity contribution in [2.75, 3.05) is 0 Å². The molecular formula is C13H18N2. The van der Waals surface area contributed by atoms with Gasteiger partial charge in [0.25, 0.3) is 0 Å². The van der Waals surface area contributed by atoms with Crippen LogP contribution in [0, 0.1) is 5.41 Å². The third-order valence-electron chi connectivity index (χ3n) is 3.22. The number of hydrogen-bond donors (Lipinski definition) is 0. The first-order chi connectivity index (χ1) is 7.24. The molecule has 2 rings (SSSR count). The van der Waals surface area contributed by atoms with Gasteiger partial charge < -0.3 is 4.57 Å². The van der Waals surface area contributed by atoms with Crippen molar-refractivity contribution in [3.63, 3.8) is 0 Å². The molecule has 0 radical (unpaired) electrons. The maximum absolute atomic E-state index is 4.10. The SMILES string of the molecule is CCC1(Cn2ccnc2)C=CC=C(C)C1. The van der Waals surface area contributed by atoms with Gasteiger partial charge in [0.2, 0.25) is 0 Å². The Hall–Kier alpha value is -1.31. The van der Waals surface area contributed by atoms with E-state index in [9.17, 15) is 0 Å². The van der Waals surface area contributed by atoms with Crippen LogP contribution in [-0.2, 0) is 6.54 Å². The molecule has 1 aromatic rings. The molecule has 0 saturated carbocycles. The molecule has 1 atom stereocenters. The van der Waals surface area contributed by atoms with E-state index < -0.39 is 0 Å². The molecule has 1 aliphatic carbocycles. The first-order valence-corrected chi connectivity index (χ1v) is 5.55. The molecular weight excluding hydrogens is 184 g/mol. The van der Waals surface area contributed by atoms with Crippen LogP contribution < -0.4 is 0 Å². The number of aromatic nitrogens is 2. The van der Waals surface area contributed by atoms with Crippen molar-refractivity contribution in [1.82, 2.24) is 9.55 Å². The number of hydrogen-bond acceptors (Lipinski definition) is 1. The van der Waals surface area contributed by atoms with E-state index in [-0.39, 0.29) is 0 Å². The maximum Gasteiger partial charge on any atom is 0.0946 e. The van der Waals surface area contributed by atoms with Gasteiger partial charge in [-0.3, -0.25) is 0 Å².